The summed E-state index contributed by atoms with van der Waals surface area (Å²) >= 11 is 0. The molecule has 1 saturated heterocycles. The Morgan fingerprint density at radius 3 is 2.73 bits per heavy atom. The van der Waals surface area contributed by atoms with Gasteiger partial charge in [-0.05, 0) is 25.0 Å². The van der Waals surface area contributed by atoms with E-state index < -0.39 is 5.95 Å². The Labute approximate surface area is 87.0 Å². The maximum Gasteiger partial charge on any atom is 0.223 e. The summed E-state index contributed by atoms with van der Waals surface area (Å²) in [6.07, 6.45) is 3.29. The Hall–Kier alpha value is -1.65. The van der Waals surface area contributed by atoms with Crippen molar-refractivity contribution in [3.63, 3.8) is 0 Å². The highest BCUT2D eigenvalue weighted by molar-refractivity contribution is 5.79. The first-order valence-corrected chi connectivity index (χ1v) is 4.90. The van der Waals surface area contributed by atoms with Gasteiger partial charge in [0.1, 0.15) is 5.82 Å². The minimum absolute atomic E-state index is 0.195. The molecule has 0 bridgehead atoms. The fourth-order valence-corrected chi connectivity index (χ4v) is 1.72. The number of oxime groups is 1. The summed E-state index contributed by atoms with van der Waals surface area (Å²) in [6.45, 7) is 1.86. The second-order valence-electron chi connectivity index (χ2n) is 3.49. The minimum atomic E-state index is -0.600. The fraction of sp³-hybridized carbons (Fsp3) is 0.400. The molecule has 15 heavy (non-hydrogen) atoms. The van der Waals surface area contributed by atoms with Gasteiger partial charge in [0.15, 0.2) is 0 Å². The summed E-state index contributed by atoms with van der Waals surface area (Å²) in [6, 6.07) is 3.31. The summed E-state index contributed by atoms with van der Waals surface area (Å²) in [5.41, 5.74) is 0.195. The van der Waals surface area contributed by atoms with E-state index in [9.17, 15) is 4.39 Å². The first-order chi connectivity index (χ1) is 7.31. The second kappa shape index (κ2) is 4.25. The quantitative estimate of drug-likeness (QED) is 0.348. The molecular formula is C10H12FN3O. The van der Waals surface area contributed by atoms with E-state index in [4.69, 9.17) is 5.21 Å². The van der Waals surface area contributed by atoms with Crippen LogP contribution in [0.15, 0.2) is 17.3 Å². The van der Waals surface area contributed by atoms with Crippen LogP contribution in [-0.4, -0.2) is 29.5 Å². The monoisotopic (exact) mass is 209 g/mol. The molecule has 0 saturated carbocycles. The van der Waals surface area contributed by atoms with Gasteiger partial charge in [-0.2, -0.15) is 4.39 Å². The number of hydrogen-bond donors (Lipinski definition) is 1. The molecule has 1 aliphatic heterocycles. The van der Waals surface area contributed by atoms with Crippen molar-refractivity contribution in [2.75, 3.05) is 18.0 Å². The van der Waals surface area contributed by atoms with Gasteiger partial charge in [-0.25, -0.2) is 4.98 Å². The van der Waals surface area contributed by atoms with E-state index in [1.807, 2.05) is 4.90 Å². The molecular weight excluding hydrogens is 197 g/mol. The van der Waals surface area contributed by atoms with Gasteiger partial charge in [-0.3, -0.25) is 0 Å². The average molecular weight is 209 g/mol. The Balaban J connectivity index is 2.24. The molecule has 0 amide bonds. The third-order valence-electron chi connectivity index (χ3n) is 2.49. The van der Waals surface area contributed by atoms with Crippen LogP contribution in [0.5, 0.6) is 0 Å². The van der Waals surface area contributed by atoms with Crippen molar-refractivity contribution in [1.29, 1.82) is 0 Å². The zero-order chi connectivity index (χ0) is 10.7. The molecule has 1 aliphatic rings. The summed E-state index contributed by atoms with van der Waals surface area (Å²) in [4.78, 5) is 5.88. The molecule has 2 rings (SSSR count). The summed E-state index contributed by atoms with van der Waals surface area (Å²) in [5.74, 6) is 0.0530. The largest absolute Gasteiger partial charge is 0.411 e. The van der Waals surface area contributed by atoms with E-state index in [0.29, 0.717) is 5.82 Å². The Kier molecular flexibility index (Phi) is 2.80. The van der Waals surface area contributed by atoms with Gasteiger partial charge in [0.25, 0.3) is 0 Å². The van der Waals surface area contributed by atoms with Gasteiger partial charge in [-0.15, -0.1) is 0 Å². The van der Waals surface area contributed by atoms with Gasteiger partial charge in [0, 0.05) is 13.1 Å². The molecule has 0 aliphatic carbocycles. The lowest BCUT2D eigenvalue weighted by atomic mass is 10.3. The van der Waals surface area contributed by atoms with Crippen molar-refractivity contribution in [1.82, 2.24) is 4.98 Å². The molecule has 5 heteroatoms. The highest BCUT2D eigenvalue weighted by Crippen LogP contribution is 2.18. The van der Waals surface area contributed by atoms with E-state index in [2.05, 4.69) is 10.1 Å². The topological polar surface area (TPSA) is 48.7 Å². The van der Waals surface area contributed by atoms with Crippen molar-refractivity contribution in [2.45, 2.75) is 12.8 Å². The van der Waals surface area contributed by atoms with E-state index in [1.54, 1.807) is 12.1 Å². The summed E-state index contributed by atoms with van der Waals surface area (Å²) in [5, 5.41) is 11.1. The average Bonchev–Trinajstić information content (AvgIpc) is 2.74. The SMILES string of the molecule is O/N=C/c1ccc(N2CCCC2)nc1F. The second-order valence-corrected chi connectivity index (χ2v) is 3.49. The molecule has 0 unspecified atom stereocenters. The van der Waals surface area contributed by atoms with Crippen molar-refractivity contribution in [3.05, 3.63) is 23.6 Å². The summed E-state index contributed by atoms with van der Waals surface area (Å²) < 4.78 is 13.4. The molecule has 4 nitrogen and oxygen atoms in total. The van der Waals surface area contributed by atoms with Crippen molar-refractivity contribution >= 4 is 12.0 Å². The Morgan fingerprint density at radius 1 is 1.40 bits per heavy atom. The van der Waals surface area contributed by atoms with Crippen molar-refractivity contribution < 1.29 is 9.60 Å². The van der Waals surface area contributed by atoms with Crippen molar-refractivity contribution in [3.8, 4) is 0 Å². The van der Waals surface area contributed by atoms with Crippen LogP contribution in [0, 0.1) is 5.95 Å². The molecule has 1 aromatic rings. The predicted molar refractivity (Wildman–Crippen MR) is 55.0 cm³/mol. The van der Waals surface area contributed by atoms with Crippen LogP contribution in [0.1, 0.15) is 18.4 Å². The number of anilines is 1. The molecule has 1 fully saturated rings. The lowest BCUT2D eigenvalue weighted by Gasteiger charge is -2.16. The maximum atomic E-state index is 13.4. The highest BCUT2D eigenvalue weighted by Gasteiger charge is 2.14. The Morgan fingerprint density at radius 2 is 2.13 bits per heavy atom. The van der Waals surface area contributed by atoms with Gasteiger partial charge < -0.3 is 10.1 Å². The standard InChI is InChI=1S/C10H12FN3O/c11-10-8(7-12-15)3-4-9(13-10)14-5-1-2-6-14/h3-4,7,15H,1-2,5-6H2/b12-7+. The van der Waals surface area contributed by atoms with Gasteiger partial charge in [0.05, 0.1) is 11.8 Å². The van der Waals surface area contributed by atoms with Crippen molar-refractivity contribution in [2.24, 2.45) is 5.16 Å². The number of rotatable bonds is 2. The van der Waals surface area contributed by atoms with Gasteiger partial charge >= 0.3 is 0 Å². The van der Waals surface area contributed by atoms with Crippen LogP contribution < -0.4 is 4.90 Å². The van der Waals surface area contributed by atoms with Crippen LogP contribution in [-0.2, 0) is 0 Å². The number of nitrogens with zero attached hydrogens (tertiary/aromatic N) is 3. The molecule has 0 atom stereocenters. The van der Waals surface area contributed by atoms with E-state index in [-0.39, 0.29) is 5.56 Å². The van der Waals surface area contributed by atoms with Crippen LogP contribution in [0.3, 0.4) is 0 Å². The van der Waals surface area contributed by atoms with Crippen LogP contribution in [0.2, 0.25) is 0 Å². The number of pyridine rings is 1. The Bertz CT molecular complexity index is 375. The van der Waals surface area contributed by atoms with E-state index >= 15 is 0 Å². The van der Waals surface area contributed by atoms with Gasteiger partial charge in [0.2, 0.25) is 5.95 Å². The third-order valence-corrected chi connectivity index (χ3v) is 2.49. The highest BCUT2D eigenvalue weighted by atomic mass is 19.1. The van der Waals surface area contributed by atoms with Crippen LogP contribution in [0.4, 0.5) is 10.2 Å². The van der Waals surface area contributed by atoms with Crippen LogP contribution in [0.25, 0.3) is 0 Å². The molecule has 0 spiro atoms. The smallest absolute Gasteiger partial charge is 0.223 e. The van der Waals surface area contributed by atoms with E-state index in [0.717, 1.165) is 32.1 Å². The fourth-order valence-electron chi connectivity index (χ4n) is 1.72. The van der Waals surface area contributed by atoms with Crippen LogP contribution >= 0.6 is 0 Å². The molecule has 2 heterocycles. The summed E-state index contributed by atoms with van der Waals surface area (Å²) in [7, 11) is 0. The zero-order valence-corrected chi connectivity index (χ0v) is 8.23. The first-order valence-electron chi connectivity index (χ1n) is 4.90. The minimum Gasteiger partial charge on any atom is -0.411 e. The predicted octanol–water partition coefficient (Wildman–Crippen LogP) is 1.63. The molecule has 1 N–H and O–H groups in total. The molecule has 0 aromatic carbocycles. The first kappa shape index (κ1) is 9.89. The molecule has 1 aromatic heterocycles. The lowest BCUT2D eigenvalue weighted by Crippen LogP contribution is -2.19. The molecule has 80 valence electrons. The number of aromatic nitrogens is 1. The third kappa shape index (κ3) is 2.06. The zero-order valence-electron chi connectivity index (χ0n) is 8.23. The number of halogens is 1. The molecule has 0 radical (unpaired) electrons. The normalized spacial score (nSPS) is 16.5. The maximum absolute atomic E-state index is 13.4. The number of hydrogen-bond acceptors (Lipinski definition) is 4. The van der Waals surface area contributed by atoms with E-state index in [1.165, 1.54) is 0 Å². The lowest BCUT2D eigenvalue weighted by molar-refractivity contribution is 0.321. The van der Waals surface area contributed by atoms with Gasteiger partial charge in [-0.1, -0.05) is 5.16 Å².